The van der Waals surface area contributed by atoms with Crippen molar-refractivity contribution < 1.29 is 23.7 Å². The quantitative estimate of drug-likeness (QED) is 0.220. The summed E-state index contributed by atoms with van der Waals surface area (Å²) in [5, 5.41) is 3.74. The molecule has 6 heteroatoms. The maximum Gasteiger partial charge on any atom is 0.127 e. The van der Waals surface area contributed by atoms with Crippen LogP contribution in [0.25, 0.3) is 0 Å². The van der Waals surface area contributed by atoms with Crippen molar-refractivity contribution in [1.82, 2.24) is 0 Å². The van der Waals surface area contributed by atoms with Crippen LogP contribution in [0.1, 0.15) is 0 Å². The molecule has 4 aromatic rings. The molecule has 0 spiro atoms. The van der Waals surface area contributed by atoms with Crippen LogP contribution >= 0.6 is 7.92 Å². The molecule has 2 unspecified atom stereocenters. The van der Waals surface area contributed by atoms with Gasteiger partial charge < -0.3 is 23.7 Å². The summed E-state index contributed by atoms with van der Waals surface area (Å²) in [6, 6.07) is 35.1. The summed E-state index contributed by atoms with van der Waals surface area (Å²) in [5.41, 5.74) is 0. The van der Waals surface area contributed by atoms with E-state index in [1.165, 1.54) is 15.9 Å². The lowest BCUT2D eigenvalue weighted by Gasteiger charge is -2.20. The number of para-hydroxylation sites is 1. The predicted octanol–water partition coefficient (Wildman–Crippen LogP) is 4.79. The van der Waals surface area contributed by atoms with Gasteiger partial charge in [0, 0.05) is 0 Å². The van der Waals surface area contributed by atoms with Gasteiger partial charge in [0.25, 0.3) is 0 Å². The minimum Gasteiger partial charge on any atom is -0.491 e. The Morgan fingerprint density at radius 1 is 0.528 bits per heavy atom. The molecule has 2 aliphatic heterocycles. The number of rotatable bonds is 11. The van der Waals surface area contributed by atoms with Gasteiger partial charge in [-0.25, -0.2) is 0 Å². The summed E-state index contributed by atoms with van der Waals surface area (Å²) in [7, 11) is -0.777. The number of hydrogen-bond acceptors (Lipinski definition) is 5. The van der Waals surface area contributed by atoms with E-state index in [0.717, 1.165) is 36.2 Å². The van der Waals surface area contributed by atoms with Crippen LogP contribution in [0.15, 0.2) is 103 Å². The van der Waals surface area contributed by atoms with Crippen LogP contribution in [0.3, 0.4) is 0 Å². The lowest BCUT2D eigenvalue weighted by molar-refractivity contribution is 0.263. The third kappa shape index (κ3) is 6.06. The van der Waals surface area contributed by atoms with E-state index in [0.29, 0.717) is 13.2 Å². The molecule has 36 heavy (non-hydrogen) atoms. The van der Waals surface area contributed by atoms with Crippen LogP contribution in [0, 0.1) is 0 Å². The van der Waals surface area contributed by atoms with Crippen LogP contribution in [0.4, 0.5) is 0 Å². The van der Waals surface area contributed by atoms with Gasteiger partial charge in [0.05, 0.1) is 13.2 Å². The molecule has 182 valence electrons. The number of epoxide rings is 2. The highest BCUT2D eigenvalue weighted by molar-refractivity contribution is 7.79. The lowest BCUT2D eigenvalue weighted by atomic mass is 10.3. The SMILES string of the molecule is c1ccc(Oc2ccc(P(c3ccc(OCC4CO4)cc3)c3ccc(OCC4CO4)cc3)cc2)cc1. The van der Waals surface area contributed by atoms with E-state index >= 15 is 0 Å². The zero-order valence-corrected chi connectivity index (χ0v) is 20.7. The van der Waals surface area contributed by atoms with Crippen molar-refractivity contribution in [2.24, 2.45) is 0 Å². The van der Waals surface area contributed by atoms with E-state index in [1.54, 1.807) is 0 Å². The molecule has 0 saturated carbocycles. The first kappa shape index (κ1) is 23.1. The molecule has 4 aromatic carbocycles. The van der Waals surface area contributed by atoms with Crippen LogP contribution in [0.5, 0.6) is 23.0 Å². The Kier molecular flexibility index (Phi) is 6.86. The summed E-state index contributed by atoms with van der Waals surface area (Å²) in [4.78, 5) is 0. The Balaban J connectivity index is 1.24. The lowest BCUT2D eigenvalue weighted by Crippen LogP contribution is -2.20. The number of hydrogen-bond donors (Lipinski definition) is 0. The third-order valence-corrected chi connectivity index (χ3v) is 8.38. The minimum absolute atomic E-state index is 0.241. The molecule has 2 saturated heterocycles. The van der Waals surface area contributed by atoms with E-state index in [4.69, 9.17) is 23.7 Å². The molecule has 0 radical (unpaired) electrons. The second kappa shape index (κ2) is 10.7. The molecular weight excluding hydrogens is 471 g/mol. The average molecular weight is 499 g/mol. The zero-order valence-electron chi connectivity index (χ0n) is 19.8. The van der Waals surface area contributed by atoms with Gasteiger partial charge in [-0.15, -0.1) is 0 Å². The van der Waals surface area contributed by atoms with Crippen molar-refractivity contribution in [2.75, 3.05) is 26.4 Å². The molecular formula is C30H27O5P. The fraction of sp³-hybridized carbons (Fsp3) is 0.200. The van der Waals surface area contributed by atoms with Crippen molar-refractivity contribution >= 4 is 23.8 Å². The standard InChI is InChI=1S/C30H27O5P/c1-2-4-24(5-3-1)35-25-10-16-30(17-11-25)36(28-12-6-22(7-13-28)31-18-26-20-33-26)29-14-8-23(9-15-29)32-19-27-21-34-27/h1-17,26-27H,18-21H2. The van der Waals surface area contributed by atoms with Gasteiger partial charge in [0.2, 0.25) is 0 Å². The first-order chi connectivity index (χ1) is 17.8. The first-order valence-electron chi connectivity index (χ1n) is 12.1. The maximum absolute atomic E-state index is 6.01. The molecule has 0 bridgehead atoms. The molecule has 0 aromatic heterocycles. The van der Waals surface area contributed by atoms with E-state index in [9.17, 15) is 0 Å². The molecule has 2 aliphatic rings. The Morgan fingerprint density at radius 2 is 0.917 bits per heavy atom. The van der Waals surface area contributed by atoms with Crippen LogP contribution in [-0.2, 0) is 9.47 Å². The highest BCUT2D eigenvalue weighted by atomic mass is 31.1. The largest absolute Gasteiger partial charge is 0.491 e. The zero-order chi connectivity index (χ0) is 24.2. The second-order valence-electron chi connectivity index (χ2n) is 8.76. The van der Waals surface area contributed by atoms with Crippen molar-refractivity contribution in [3.05, 3.63) is 103 Å². The fourth-order valence-electron chi connectivity index (χ4n) is 3.82. The predicted molar refractivity (Wildman–Crippen MR) is 142 cm³/mol. The monoisotopic (exact) mass is 498 g/mol. The second-order valence-corrected chi connectivity index (χ2v) is 11.0. The van der Waals surface area contributed by atoms with Gasteiger partial charge in [-0.3, -0.25) is 0 Å². The Labute approximate surface area is 212 Å². The highest BCUT2D eigenvalue weighted by Crippen LogP contribution is 2.35. The molecule has 0 N–H and O–H groups in total. The summed E-state index contributed by atoms with van der Waals surface area (Å²) in [6.07, 6.45) is 0.483. The molecule has 5 nitrogen and oxygen atoms in total. The van der Waals surface area contributed by atoms with Crippen LogP contribution in [-0.4, -0.2) is 38.6 Å². The van der Waals surface area contributed by atoms with Crippen molar-refractivity contribution in [3.63, 3.8) is 0 Å². The van der Waals surface area contributed by atoms with Gasteiger partial charge >= 0.3 is 0 Å². The van der Waals surface area contributed by atoms with Crippen molar-refractivity contribution in [1.29, 1.82) is 0 Å². The van der Waals surface area contributed by atoms with Gasteiger partial charge in [-0.05, 0) is 72.4 Å². The van der Waals surface area contributed by atoms with E-state index in [-0.39, 0.29) is 12.2 Å². The van der Waals surface area contributed by atoms with E-state index < -0.39 is 7.92 Å². The third-order valence-electron chi connectivity index (χ3n) is 5.94. The van der Waals surface area contributed by atoms with Gasteiger partial charge in [0.15, 0.2) is 0 Å². The Bertz CT molecular complexity index is 1190. The molecule has 2 fully saturated rings. The maximum atomic E-state index is 6.01. The van der Waals surface area contributed by atoms with Crippen LogP contribution in [0.2, 0.25) is 0 Å². The Morgan fingerprint density at radius 3 is 1.33 bits per heavy atom. The number of benzene rings is 4. The van der Waals surface area contributed by atoms with E-state index in [1.807, 2.05) is 66.7 Å². The van der Waals surface area contributed by atoms with Crippen molar-refractivity contribution in [3.8, 4) is 23.0 Å². The van der Waals surface area contributed by atoms with Crippen molar-refractivity contribution in [2.45, 2.75) is 12.2 Å². The summed E-state index contributed by atoms with van der Waals surface area (Å²) < 4.78 is 28.2. The average Bonchev–Trinajstić information content (AvgIpc) is 3.85. The number of ether oxygens (including phenoxy) is 5. The normalized spacial score (nSPS) is 18.8. The molecule has 6 rings (SSSR count). The Hall–Kier alpha value is -3.37. The van der Waals surface area contributed by atoms with E-state index in [2.05, 4.69) is 36.4 Å². The topological polar surface area (TPSA) is 52.8 Å². The molecule has 2 atom stereocenters. The first-order valence-corrected chi connectivity index (χ1v) is 13.5. The van der Waals surface area contributed by atoms with Gasteiger partial charge in [0.1, 0.15) is 48.4 Å². The molecule has 2 heterocycles. The van der Waals surface area contributed by atoms with Gasteiger partial charge in [-0.2, -0.15) is 0 Å². The summed E-state index contributed by atoms with van der Waals surface area (Å²) >= 11 is 0. The summed E-state index contributed by atoms with van der Waals surface area (Å²) in [6.45, 7) is 2.79. The fourth-order valence-corrected chi connectivity index (χ4v) is 6.06. The highest BCUT2D eigenvalue weighted by Gasteiger charge is 2.24. The smallest absolute Gasteiger partial charge is 0.127 e. The van der Waals surface area contributed by atoms with Gasteiger partial charge in [-0.1, -0.05) is 54.6 Å². The molecule has 0 aliphatic carbocycles. The summed E-state index contributed by atoms with van der Waals surface area (Å²) in [5.74, 6) is 3.37. The minimum atomic E-state index is -0.777. The van der Waals surface area contributed by atoms with Crippen LogP contribution < -0.4 is 30.1 Å². The molecule has 0 amide bonds.